The Kier molecular flexibility index (Phi) is 11.4. The summed E-state index contributed by atoms with van der Waals surface area (Å²) in [6.07, 6.45) is 16.0. The van der Waals surface area contributed by atoms with E-state index in [2.05, 4.69) is 193 Å². The smallest absolute Gasteiger partial charge is 0.127 e. The van der Waals surface area contributed by atoms with E-state index in [0.29, 0.717) is 0 Å². The molecule has 0 aliphatic carbocycles. The van der Waals surface area contributed by atoms with E-state index >= 15 is 0 Å². The Morgan fingerprint density at radius 2 is 1.48 bits per heavy atom. The van der Waals surface area contributed by atoms with Crippen molar-refractivity contribution in [2.45, 2.75) is 135 Å². The van der Waals surface area contributed by atoms with Gasteiger partial charge < -0.3 is 9.30 Å². The van der Waals surface area contributed by atoms with Crippen LogP contribution in [0.3, 0.4) is 0 Å². The van der Waals surface area contributed by atoms with Gasteiger partial charge in [0.2, 0.25) is 0 Å². The Hall–Kier alpha value is -3.37. The first-order chi connectivity index (χ1) is 23.6. The molecule has 1 aliphatic rings. The number of rotatable bonds is 7. The molecule has 4 aromatic rings. The van der Waals surface area contributed by atoms with Gasteiger partial charge in [-0.05, 0) is 83.5 Å². The number of benzene rings is 3. The molecule has 0 radical (unpaired) electrons. The summed E-state index contributed by atoms with van der Waals surface area (Å²) in [4.78, 5) is 5.47. The maximum absolute atomic E-state index is 7.39. The molecule has 4 unspecified atom stereocenters. The van der Waals surface area contributed by atoms with E-state index in [-0.39, 0.29) is 33.8 Å². The van der Waals surface area contributed by atoms with Gasteiger partial charge in [0, 0.05) is 45.0 Å². The molecule has 0 spiro atoms. The maximum Gasteiger partial charge on any atom is 0.127 e. The molecule has 0 saturated carbocycles. The van der Waals surface area contributed by atoms with Crippen molar-refractivity contribution >= 4 is 27.8 Å². The Morgan fingerprint density at radius 1 is 0.840 bits per heavy atom. The quantitative estimate of drug-likeness (QED) is 0.174. The minimum absolute atomic E-state index is 0.0916. The molecule has 266 valence electrons. The van der Waals surface area contributed by atoms with Crippen molar-refractivity contribution in [1.82, 2.24) is 4.57 Å². The highest BCUT2D eigenvalue weighted by molar-refractivity contribution is 9.10. The van der Waals surface area contributed by atoms with Crippen LogP contribution >= 0.6 is 15.9 Å². The lowest BCUT2D eigenvalue weighted by molar-refractivity contribution is 0.217. The molecule has 50 heavy (non-hydrogen) atoms. The second-order valence-corrected chi connectivity index (χ2v) is 17.6. The van der Waals surface area contributed by atoms with Gasteiger partial charge in [-0.15, -0.1) is 0 Å². The highest BCUT2D eigenvalue weighted by Gasteiger charge is 2.46. The van der Waals surface area contributed by atoms with Crippen molar-refractivity contribution in [1.29, 1.82) is 0 Å². The SMILES string of the molecule is CCCc1cccc2c1N=CC(n1cccc1)CCC(Oc1c(C(C)(C)C)cc(Br)cc1C(C)(C)C)C=CC(C)(c1ccccc1)C2(C)CC. The standard InChI is InChI=1S/C46H59BrN2O/c1-11-19-33-20-18-23-38-41(33)48-32-36(49-28-16-17-29-49)24-25-37(26-27-46(10,45(38,9)12-2)34-21-14-13-15-22-34)50-42-39(43(3,4)5)30-35(47)31-40(42)44(6,7)8/h13-18,20-23,26-32,36-37H,11-12,19,24-25H2,1-10H3. The Morgan fingerprint density at radius 3 is 2.06 bits per heavy atom. The van der Waals surface area contributed by atoms with Crippen LogP contribution in [-0.2, 0) is 28.1 Å². The second kappa shape index (κ2) is 15.1. The van der Waals surface area contributed by atoms with Crippen molar-refractivity contribution in [2.24, 2.45) is 4.99 Å². The molecule has 4 atom stereocenters. The van der Waals surface area contributed by atoms with Gasteiger partial charge in [0.1, 0.15) is 11.9 Å². The van der Waals surface area contributed by atoms with Crippen LogP contribution in [0.5, 0.6) is 5.75 Å². The van der Waals surface area contributed by atoms with Crippen LogP contribution in [0.2, 0.25) is 0 Å². The van der Waals surface area contributed by atoms with Gasteiger partial charge in [-0.25, -0.2) is 0 Å². The average Bonchev–Trinajstić information content (AvgIpc) is 3.61. The predicted octanol–water partition coefficient (Wildman–Crippen LogP) is 13.2. The topological polar surface area (TPSA) is 26.5 Å². The molecule has 2 heterocycles. The Labute approximate surface area is 311 Å². The Balaban J connectivity index is 1.78. The van der Waals surface area contributed by atoms with Crippen LogP contribution in [0.4, 0.5) is 5.69 Å². The molecule has 5 rings (SSSR count). The van der Waals surface area contributed by atoms with Crippen LogP contribution in [0.1, 0.15) is 129 Å². The third-order valence-corrected chi connectivity index (χ3v) is 11.6. The number of nitrogens with zero attached hydrogens (tertiary/aromatic N) is 2. The molecule has 0 bridgehead atoms. The van der Waals surface area contributed by atoms with E-state index in [0.717, 1.165) is 48.0 Å². The summed E-state index contributed by atoms with van der Waals surface area (Å²) in [5.41, 5.74) is 6.69. The molecule has 0 fully saturated rings. The van der Waals surface area contributed by atoms with Crippen LogP contribution in [0, 0.1) is 0 Å². The third-order valence-electron chi connectivity index (χ3n) is 11.2. The number of hydrogen-bond acceptors (Lipinski definition) is 2. The number of allylic oxidation sites excluding steroid dienone is 1. The summed E-state index contributed by atoms with van der Waals surface area (Å²) in [5.74, 6) is 1.01. The summed E-state index contributed by atoms with van der Waals surface area (Å²) in [6.45, 7) is 23.2. The third kappa shape index (κ3) is 7.76. The fourth-order valence-electron chi connectivity index (χ4n) is 7.73. The molecule has 0 N–H and O–H groups in total. The molecule has 1 aliphatic heterocycles. The molecular weight excluding hydrogens is 676 g/mol. The van der Waals surface area contributed by atoms with Gasteiger partial charge in [-0.2, -0.15) is 0 Å². The first-order valence-corrected chi connectivity index (χ1v) is 19.5. The van der Waals surface area contributed by atoms with Gasteiger partial charge in [-0.1, -0.05) is 146 Å². The predicted molar refractivity (Wildman–Crippen MR) is 218 cm³/mol. The number of aromatic nitrogens is 1. The molecular formula is C46H59BrN2O. The normalized spacial score (nSPS) is 23.2. The number of aliphatic imine (C=N–C) groups is 1. The molecule has 0 saturated heterocycles. The van der Waals surface area contributed by atoms with Gasteiger partial charge in [0.15, 0.2) is 0 Å². The van der Waals surface area contributed by atoms with Crippen molar-refractivity contribution in [3.8, 4) is 5.75 Å². The van der Waals surface area contributed by atoms with Crippen molar-refractivity contribution < 1.29 is 4.74 Å². The summed E-state index contributed by atoms with van der Waals surface area (Å²) in [5, 5.41) is 0. The van der Waals surface area contributed by atoms with E-state index in [1.54, 1.807) is 0 Å². The number of aryl methyl sites for hydroxylation is 1. The van der Waals surface area contributed by atoms with Gasteiger partial charge in [0.25, 0.3) is 0 Å². The Bertz CT molecular complexity index is 1760. The van der Waals surface area contributed by atoms with E-state index in [9.17, 15) is 0 Å². The summed E-state index contributed by atoms with van der Waals surface area (Å²) < 4.78 is 10.8. The van der Waals surface area contributed by atoms with E-state index in [1.807, 2.05) is 0 Å². The molecule has 0 amide bonds. The van der Waals surface area contributed by atoms with Crippen LogP contribution in [0.25, 0.3) is 0 Å². The second-order valence-electron chi connectivity index (χ2n) is 16.7. The number of halogens is 1. The summed E-state index contributed by atoms with van der Waals surface area (Å²) >= 11 is 3.85. The minimum atomic E-state index is -0.349. The number of hydrogen-bond donors (Lipinski definition) is 0. The van der Waals surface area contributed by atoms with Crippen LogP contribution in [0.15, 0.2) is 107 Å². The lowest BCUT2D eigenvalue weighted by Crippen LogP contribution is -2.44. The van der Waals surface area contributed by atoms with E-state index in [4.69, 9.17) is 9.73 Å². The maximum atomic E-state index is 7.39. The largest absolute Gasteiger partial charge is 0.486 e. The zero-order valence-corrected chi connectivity index (χ0v) is 33.8. The van der Waals surface area contributed by atoms with E-state index in [1.165, 1.54) is 27.8 Å². The minimum Gasteiger partial charge on any atom is -0.486 e. The molecule has 1 aromatic heterocycles. The number of ether oxygens (including phenoxy) is 1. The summed E-state index contributed by atoms with van der Waals surface area (Å²) in [6, 6.07) is 26.8. The number of para-hydroxylation sites is 1. The van der Waals surface area contributed by atoms with E-state index < -0.39 is 0 Å². The first kappa shape index (κ1) is 37.9. The highest BCUT2D eigenvalue weighted by atomic mass is 79.9. The fraction of sp³-hybridized carbons (Fsp3) is 0.457. The van der Waals surface area contributed by atoms with Gasteiger partial charge in [0.05, 0.1) is 11.7 Å². The highest BCUT2D eigenvalue weighted by Crippen LogP contribution is 2.51. The van der Waals surface area contributed by atoms with Crippen molar-refractivity contribution in [2.75, 3.05) is 0 Å². The zero-order chi connectivity index (χ0) is 36.3. The first-order valence-electron chi connectivity index (χ1n) is 18.7. The molecule has 3 nitrogen and oxygen atoms in total. The summed E-state index contributed by atoms with van der Waals surface area (Å²) in [7, 11) is 0. The number of fused-ring (bicyclic) bond motifs is 1. The van der Waals surface area contributed by atoms with Gasteiger partial charge in [-0.3, -0.25) is 4.99 Å². The van der Waals surface area contributed by atoms with Crippen molar-refractivity contribution in [3.05, 3.63) is 130 Å². The van der Waals surface area contributed by atoms with Crippen LogP contribution < -0.4 is 4.74 Å². The average molecular weight is 736 g/mol. The van der Waals surface area contributed by atoms with Gasteiger partial charge >= 0.3 is 0 Å². The monoisotopic (exact) mass is 734 g/mol. The zero-order valence-electron chi connectivity index (χ0n) is 32.2. The van der Waals surface area contributed by atoms with Crippen molar-refractivity contribution in [3.63, 3.8) is 0 Å². The lowest BCUT2D eigenvalue weighted by atomic mass is 9.57. The lowest BCUT2D eigenvalue weighted by Gasteiger charge is -2.47. The fourth-order valence-corrected chi connectivity index (χ4v) is 8.18. The van der Waals surface area contributed by atoms with Crippen LogP contribution in [-0.4, -0.2) is 16.9 Å². The molecule has 4 heteroatoms. The molecule has 3 aromatic carbocycles.